The summed E-state index contributed by atoms with van der Waals surface area (Å²) in [6.07, 6.45) is 3.07. The highest BCUT2D eigenvalue weighted by Crippen LogP contribution is 2.07. The maximum absolute atomic E-state index is 12.2. The minimum atomic E-state index is -0.0757. The summed E-state index contributed by atoms with van der Waals surface area (Å²) in [6, 6.07) is 0.184. The van der Waals surface area contributed by atoms with Gasteiger partial charge in [-0.15, -0.1) is 0 Å². The maximum atomic E-state index is 12.2. The molecule has 0 rings (SSSR count). The SMILES string of the molecule is CCCC(C)NC(=O)C(C)N(CCCN)CC(C)C. The zero-order valence-electron chi connectivity index (χ0n) is 13.4. The van der Waals surface area contributed by atoms with Gasteiger partial charge in [-0.1, -0.05) is 27.2 Å². The smallest absolute Gasteiger partial charge is 0.237 e. The predicted octanol–water partition coefficient (Wildman–Crippen LogP) is 1.99. The van der Waals surface area contributed by atoms with Crippen molar-refractivity contribution in [1.82, 2.24) is 10.2 Å². The van der Waals surface area contributed by atoms with E-state index >= 15 is 0 Å². The lowest BCUT2D eigenvalue weighted by atomic mass is 10.1. The van der Waals surface area contributed by atoms with Crippen molar-refractivity contribution in [3.05, 3.63) is 0 Å². The molecule has 0 saturated heterocycles. The number of carbonyl (C=O) groups excluding carboxylic acids is 1. The first-order chi connectivity index (χ1) is 8.92. The van der Waals surface area contributed by atoms with Gasteiger partial charge in [0, 0.05) is 19.1 Å². The van der Waals surface area contributed by atoms with Crippen molar-refractivity contribution in [2.45, 2.75) is 66.0 Å². The van der Waals surface area contributed by atoms with Crippen LogP contribution in [-0.4, -0.2) is 42.5 Å². The molecule has 0 heterocycles. The second kappa shape index (κ2) is 10.2. The van der Waals surface area contributed by atoms with Crippen LogP contribution in [0.3, 0.4) is 0 Å². The number of nitrogens with two attached hydrogens (primary N) is 1. The third-order valence-electron chi connectivity index (χ3n) is 3.29. The number of rotatable bonds is 10. The molecule has 0 aromatic heterocycles. The Morgan fingerprint density at radius 3 is 2.37 bits per heavy atom. The molecule has 0 aromatic rings. The minimum Gasteiger partial charge on any atom is -0.352 e. The summed E-state index contributed by atoms with van der Waals surface area (Å²) in [7, 11) is 0. The van der Waals surface area contributed by atoms with Crippen LogP contribution in [0, 0.1) is 5.92 Å². The number of carbonyl (C=O) groups is 1. The van der Waals surface area contributed by atoms with Crippen LogP contribution >= 0.6 is 0 Å². The van der Waals surface area contributed by atoms with Crippen LogP contribution in [0.25, 0.3) is 0 Å². The van der Waals surface area contributed by atoms with E-state index in [2.05, 4.69) is 37.9 Å². The van der Waals surface area contributed by atoms with Crippen molar-refractivity contribution >= 4 is 5.91 Å². The van der Waals surface area contributed by atoms with Gasteiger partial charge in [-0.05, 0) is 39.2 Å². The van der Waals surface area contributed by atoms with Crippen LogP contribution in [0.1, 0.15) is 53.9 Å². The van der Waals surface area contributed by atoms with Crippen molar-refractivity contribution in [3.8, 4) is 0 Å². The van der Waals surface area contributed by atoms with Gasteiger partial charge in [0.15, 0.2) is 0 Å². The standard InChI is InChI=1S/C15H33N3O/c1-6-8-13(4)17-15(19)14(5)18(10-7-9-16)11-12(2)3/h12-14H,6-11,16H2,1-5H3,(H,17,19). The Hall–Kier alpha value is -0.610. The first-order valence-corrected chi connectivity index (χ1v) is 7.66. The normalized spacial score (nSPS) is 14.7. The van der Waals surface area contributed by atoms with E-state index in [0.717, 1.165) is 32.4 Å². The van der Waals surface area contributed by atoms with E-state index in [1.807, 2.05) is 6.92 Å². The van der Waals surface area contributed by atoms with Gasteiger partial charge >= 0.3 is 0 Å². The molecule has 4 nitrogen and oxygen atoms in total. The van der Waals surface area contributed by atoms with Crippen LogP contribution < -0.4 is 11.1 Å². The van der Waals surface area contributed by atoms with Gasteiger partial charge in [0.05, 0.1) is 6.04 Å². The zero-order valence-corrected chi connectivity index (χ0v) is 13.4. The molecule has 0 aromatic carbocycles. The van der Waals surface area contributed by atoms with Crippen LogP contribution in [-0.2, 0) is 4.79 Å². The van der Waals surface area contributed by atoms with Crippen molar-refractivity contribution in [1.29, 1.82) is 0 Å². The van der Waals surface area contributed by atoms with Gasteiger partial charge in [0.2, 0.25) is 5.91 Å². The Balaban J connectivity index is 4.41. The monoisotopic (exact) mass is 271 g/mol. The Labute approximate surface area is 119 Å². The molecule has 0 aliphatic carbocycles. The van der Waals surface area contributed by atoms with Gasteiger partial charge in [0.25, 0.3) is 0 Å². The molecule has 19 heavy (non-hydrogen) atoms. The molecule has 0 aliphatic heterocycles. The summed E-state index contributed by atoms with van der Waals surface area (Å²) in [4.78, 5) is 14.5. The zero-order chi connectivity index (χ0) is 14.8. The molecule has 2 atom stereocenters. The maximum Gasteiger partial charge on any atom is 0.237 e. The summed E-state index contributed by atoms with van der Waals surface area (Å²) in [6.45, 7) is 13.1. The molecule has 0 radical (unpaired) electrons. The average molecular weight is 271 g/mol. The quantitative estimate of drug-likeness (QED) is 0.639. The van der Waals surface area contributed by atoms with E-state index in [9.17, 15) is 4.79 Å². The number of hydrogen-bond acceptors (Lipinski definition) is 3. The van der Waals surface area contributed by atoms with E-state index < -0.39 is 0 Å². The lowest BCUT2D eigenvalue weighted by Crippen LogP contribution is -2.49. The van der Waals surface area contributed by atoms with Crippen LogP contribution in [0.5, 0.6) is 0 Å². The molecule has 0 saturated carbocycles. The number of hydrogen-bond donors (Lipinski definition) is 2. The first kappa shape index (κ1) is 18.4. The van der Waals surface area contributed by atoms with Gasteiger partial charge in [0.1, 0.15) is 0 Å². The number of nitrogens with one attached hydrogen (secondary N) is 1. The van der Waals surface area contributed by atoms with Crippen molar-refractivity contribution < 1.29 is 4.79 Å². The molecule has 2 unspecified atom stereocenters. The van der Waals surface area contributed by atoms with Crippen molar-refractivity contribution in [3.63, 3.8) is 0 Å². The minimum absolute atomic E-state index is 0.0757. The van der Waals surface area contributed by atoms with E-state index in [4.69, 9.17) is 5.73 Å². The second-order valence-corrected chi connectivity index (χ2v) is 5.91. The molecular formula is C15H33N3O. The third-order valence-corrected chi connectivity index (χ3v) is 3.29. The molecule has 1 amide bonds. The first-order valence-electron chi connectivity index (χ1n) is 7.66. The van der Waals surface area contributed by atoms with Crippen LogP contribution in [0.2, 0.25) is 0 Å². The topological polar surface area (TPSA) is 58.4 Å². The van der Waals surface area contributed by atoms with E-state index in [-0.39, 0.29) is 18.0 Å². The Morgan fingerprint density at radius 2 is 1.89 bits per heavy atom. The van der Waals surface area contributed by atoms with Gasteiger partial charge in [-0.3, -0.25) is 9.69 Å². The van der Waals surface area contributed by atoms with E-state index in [1.54, 1.807) is 0 Å². The lowest BCUT2D eigenvalue weighted by molar-refractivity contribution is -0.126. The van der Waals surface area contributed by atoms with Crippen molar-refractivity contribution in [2.75, 3.05) is 19.6 Å². The van der Waals surface area contributed by atoms with E-state index in [0.29, 0.717) is 12.5 Å². The summed E-state index contributed by atoms with van der Waals surface area (Å²) in [5, 5.41) is 3.10. The summed E-state index contributed by atoms with van der Waals surface area (Å²) in [5.41, 5.74) is 5.58. The molecule has 3 N–H and O–H groups in total. The lowest BCUT2D eigenvalue weighted by Gasteiger charge is -2.30. The fraction of sp³-hybridized carbons (Fsp3) is 0.933. The third kappa shape index (κ3) is 8.22. The highest BCUT2D eigenvalue weighted by molar-refractivity contribution is 5.81. The Bertz CT molecular complexity index is 244. The Morgan fingerprint density at radius 1 is 1.26 bits per heavy atom. The van der Waals surface area contributed by atoms with Crippen molar-refractivity contribution in [2.24, 2.45) is 11.7 Å². The van der Waals surface area contributed by atoms with Gasteiger partial charge in [-0.25, -0.2) is 0 Å². The molecule has 4 heteroatoms. The molecule has 0 aliphatic rings. The largest absolute Gasteiger partial charge is 0.352 e. The summed E-state index contributed by atoms with van der Waals surface area (Å²) in [5.74, 6) is 0.694. The summed E-state index contributed by atoms with van der Waals surface area (Å²) < 4.78 is 0. The predicted molar refractivity (Wildman–Crippen MR) is 82.1 cm³/mol. The van der Waals surface area contributed by atoms with Crippen LogP contribution in [0.4, 0.5) is 0 Å². The molecule has 0 bridgehead atoms. The summed E-state index contributed by atoms with van der Waals surface area (Å²) >= 11 is 0. The fourth-order valence-electron chi connectivity index (χ4n) is 2.24. The van der Waals surface area contributed by atoms with Gasteiger partial charge in [-0.2, -0.15) is 0 Å². The highest BCUT2D eigenvalue weighted by atomic mass is 16.2. The molecular weight excluding hydrogens is 238 g/mol. The van der Waals surface area contributed by atoms with Crippen LogP contribution in [0.15, 0.2) is 0 Å². The molecule has 114 valence electrons. The number of amides is 1. The molecule has 0 fully saturated rings. The highest BCUT2D eigenvalue weighted by Gasteiger charge is 2.22. The number of nitrogens with zero attached hydrogens (tertiary/aromatic N) is 1. The second-order valence-electron chi connectivity index (χ2n) is 5.91. The molecule has 0 spiro atoms. The fourth-order valence-corrected chi connectivity index (χ4v) is 2.24. The van der Waals surface area contributed by atoms with Gasteiger partial charge < -0.3 is 11.1 Å². The average Bonchev–Trinajstić information content (AvgIpc) is 2.33. The van der Waals surface area contributed by atoms with E-state index in [1.165, 1.54) is 0 Å². The Kier molecular flexibility index (Phi) is 9.88.